The van der Waals surface area contributed by atoms with E-state index in [2.05, 4.69) is 5.32 Å². The average molecular weight is 323 g/mol. The predicted molar refractivity (Wildman–Crippen MR) is 92.3 cm³/mol. The van der Waals surface area contributed by atoms with Crippen LogP contribution < -0.4 is 5.32 Å². The summed E-state index contributed by atoms with van der Waals surface area (Å²) < 4.78 is 12.9. The number of halogens is 1. The number of aliphatic hydroxyl groups excluding tert-OH is 1. The molecule has 1 unspecified atom stereocenters. The van der Waals surface area contributed by atoms with Crippen molar-refractivity contribution in [2.75, 3.05) is 6.54 Å². The van der Waals surface area contributed by atoms with Crippen molar-refractivity contribution in [2.24, 2.45) is 0 Å². The molecule has 3 nitrogen and oxygen atoms in total. The molecular weight excluding hydrogens is 305 g/mol. The number of carbonyl (C=O) groups excluding carboxylic acids is 1. The molecule has 3 aromatic rings. The molecule has 0 aliphatic heterocycles. The van der Waals surface area contributed by atoms with Gasteiger partial charge in [0.25, 0.3) is 5.91 Å². The fourth-order valence-electron chi connectivity index (χ4n) is 2.72. The molecule has 0 saturated heterocycles. The molecule has 4 heteroatoms. The van der Waals surface area contributed by atoms with E-state index in [1.54, 1.807) is 0 Å². The predicted octanol–water partition coefficient (Wildman–Crippen LogP) is 3.83. The molecule has 0 heterocycles. The summed E-state index contributed by atoms with van der Waals surface area (Å²) in [6.07, 6.45) is -0.259. The molecule has 0 bridgehead atoms. The Morgan fingerprint density at radius 1 is 1.00 bits per heavy atom. The standard InChI is InChI=1S/C20H18FNO2/c21-16-10-8-15(9-11-16)20(24)22-13-12-19(23)18-7-3-5-14-4-1-2-6-17(14)18/h1-11,19,23H,12-13H2,(H,22,24). The van der Waals surface area contributed by atoms with Crippen LogP contribution in [0.25, 0.3) is 10.8 Å². The lowest BCUT2D eigenvalue weighted by Gasteiger charge is -2.14. The lowest BCUT2D eigenvalue weighted by molar-refractivity contribution is 0.0943. The molecule has 2 N–H and O–H groups in total. The highest BCUT2D eigenvalue weighted by Gasteiger charge is 2.12. The van der Waals surface area contributed by atoms with Crippen LogP contribution in [0.15, 0.2) is 66.7 Å². The minimum Gasteiger partial charge on any atom is -0.388 e. The summed E-state index contributed by atoms with van der Waals surface area (Å²) in [6, 6.07) is 19.1. The van der Waals surface area contributed by atoms with Gasteiger partial charge in [0.2, 0.25) is 0 Å². The van der Waals surface area contributed by atoms with Crippen molar-refractivity contribution in [1.29, 1.82) is 0 Å². The van der Waals surface area contributed by atoms with Crippen LogP contribution in [0.1, 0.15) is 28.4 Å². The van der Waals surface area contributed by atoms with E-state index in [9.17, 15) is 14.3 Å². The van der Waals surface area contributed by atoms with Gasteiger partial charge in [-0.3, -0.25) is 4.79 Å². The molecule has 3 rings (SSSR count). The van der Waals surface area contributed by atoms with E-state index in [1.165, 1.54) is 24.3 Å². The lowest BCUT2D eigenvalue weighted by atomic mass is 9.99. The van der Waals surface area contributed by atoms with Gasteiger partial charge in [0.15, 0.2) is 0 Å². The van der Waals surface area contributed by atoms with E-state index in [0.717, 1.165) is 16.3 Å². The van der Waals surface area contributed by atoms with E-state index in [4.69, 9.17) is 0 Å². The molecule has 24 heavy (non-hydrogen) atoms. The van der Waals surface area contributed by atoms with Gasteiger partial charge >= 0.3 is 0 Å². The minimum absolute atomic E-state index is 0.278. The van der Waals surface area contributed by atoms with Crippen LogP contribution in [0.4, 0.5) is 4.39 Å². The molecule has 0 spiro atoms. The SMILES string of the molecule is O=C(NCCC(O)c1cccc2ccccc12)c1ccc(F)cc1. The Bertz CT molecular complexity index is 840. The molecule has 0 aliphatic carbocycles. The number of nitrogens with one attached hydrogen (secondary N) is 1. The minimum atomic E-state index is -0.662. The summed E-state index contributed by atoms with van der Waals surface area (Å²) in [5.74, 6) is -0.655. The van der Waals surface area contributed by atoms with Crippen LogP contribution in [0.2, 0.25) is 0 Å². The number of hydrogen-bond acceptors (Lipinski definition) is 2. The largest absolute Gasteiger partial charge is 0.388 e. The van der Waals surface area contributed by atoms with Gasteiger partial charge in [-0.25, -0.2) is 4.39 Å². The second kappa shape index (κ2) is 7.23. The van der Waals surface area contributed by atoms with Gasteiger partial charge in [0.05, 0.1) is 6.10 Å². The summed E-state index contributed by atoms with van der Waals surface area (Å²) in [5, 5.41) is 15.3. The first-order chi connectivity index (χ1) is 11.6. The van der Waals surface area contributed by atoms with Crippen molar-refractivity contribution in [2.45, 2.75) is 12.5 Å². The van der Waals surface area contributed by atoms with Crippen LogP contribution >= 0.6 is 0 Å². The quantitative estimate of drug-likeness (QED) is 0.749. The molecule has 122 valence electrons. The van der Waals surface area contributed by atoms with Gasteiger partial charge < -0.3 is 10.4 Å². The molecular formula is C20H18FNO2. The summed E-state index contributed by atoms with van der Waals surface area (Å²) in [6.45, 7) is 0.334. The maximum absolute atomic E-state index is 12.9. The number of benzene rings is 3. The topological polar surface area (TPSA) is 49.3 Å². The zero-order valence-electron chi connectivity index (χ0n) is 13.1. The monoisotopic (exact) mass is 323 g/mol. The maximum atomic E-state index is 12.9. The Labute approximate surface area is 139 Å². The Morgan fingerprint density at radius 2 is 1.71 bits per heavy atom. The normalized spacial score (nSPS) is 12.1. The van der Waals surface area contributed by atoms with Crippen molar-refractivity contribution >= 4 is 16.7 Å². The van der Waals surface area contributed by atoms with Gasteiger partial charge in [-0.15, -0.1) is 0 Å². The van der Waals surface area contributed by atoms with E-state index < -0.39 is 6.10 Å². The third kappa shape index (κ3) is 3.60. The van der Waals surface area contributed by atoms with Gasteiger partial charge in [-0.1, -0.05) is 42.5 Å². The van der Waals surface area contributed by atoms with Crippen molar-refractivity contribution in [3.8, 4) is 0 Å². The molecule has 1 amide bonds. The number of fused-ring (bicyclic) bond motifs is 1. The number of amides is 1. The maximum Gasteiger partial charge on any atom is 0.251 e. The fourth-order valence-corrected chi connectivity index (χ4v) is 2.72. The van der Waals surface area contributed by atoms with Crippen molar-refractivity contribution in [1.82, 2.24) is 5.32 Å². The van der Waals surface area contributed by atoms with Crippen LogP contribution in [-0.2, 0) is 0 Å². The Hall–Kier alpha value is -2.72. The smallest absolute Gasteiger partial charge is 0.251 e. The summed E-state index contributed by atoms with van der Waals surface area (Å²) >= 11 is 0. The highest BCUT2D eigenvalue weighted by Crippen LogP contribution is 2.25. The average Bonchev–Trinajstić information content (AvgIpc) is 2.61. The Kier molecular flexibility index (Phi) is 4.87. The van der Waals surface area contributed by atoms with Crippen molar-refractivity contribution in [3.63, 3.8) is 0 Å². The lowest BCUT2D eigenvalue weighted by Crippen LogP contribution is -2.25. The molecule has 0 aromatic heterocycles. The number of hydrogen-bond donors (Lipinski definition) is 2. The van der Waals surface area contributed by atoms with Crippen LogP contribution in [0.3, 0.4) is 0 Å². The Balaban J connectivity index is 1.62. The first kappa shape index (κ1) is 16.1. The van der Waals surface area contributed by atoms with E-state index in [1.807, 2.05) is 42.5 Å². The molecule has 0 saturated carbocycles. The third-order valence-corrected chi connectivity index (χ3v) is 3.99. The van der Waals surface area contributed by atoms with E-state index in [0.29, 0.717) is 18.5 Å². The second-order valence-electron chi connectivity index (χ2n) is 5.64. The molecule has 1 atom stereocenters. The second-order valence-corrected chi connectivity index (χ2v) is 5.64. The van der Waals surface area contributed by atoms with Crippen molar-refractivity contribution < 1.29 is 14.3 Å². The summed E-state index contributed by atoms with van der Waals surface area (Å²) in [4.78, 5) is 12.0. The molecule has 0 fully saturated rings. The van der Waals surface area contributed by atoms with Crippen LogP contribution in [-0.4, -0.2) is 17.6 Å². The summed E-state index contributed by atoms with van der Waals surface area (Å²) in [7, 11) is 0. The molecule has 3 aromatic carbocycles. The third-order valence-electron chi connectivity index (χ3n) is 3.99. The number of aliphatic hydroxyl groups is 1. The van der Waals surface area contributed by atoms with E-state index >= 15 is 0 Å². The van der Waals surface area contributed by atoms with E-state index in [-0.39, 0.29) is 11.7 Å². The highest BCUT2D eigenvalue weighted by atomic mass is 19.1. The van der Waals surface area contributed by atoms with Gasteiger partial charge in [-0.2, -0.15) is 0 Å². The van der Waals surface area contributed by atoms with Crippen molar-refractivity contribution in [3.05, 3.63) is 83.7 Å². The van der Waals surface area contributed by atoms with Gasteiger partial charge in [-0.05, 0) is 47.0 Å². The number of rotatable bonds is 5. The molecule has 0 aliphatic rings. The number of carbonyl (C=O) groups is 1. The first-order valence-electron chi connectivity index (χ1n) is 7.84. The van der Waals surface area contributed by atoms with Gasteiger partial charge in [0.1, 0.15) is 5.82 Å². The zero-order valence-corrected chi connectivity index (χ0v) is 13.1. The fraction of sp³-hybridized carbons (Fsp3) is 0.150. The highest BCUT2D eigenvalue weighted by molar-refractivity contribution is 5.94. The first-order valence-corrected chi connectivity index (χ1v) is 7.84. The van der Waals surface area contributed by atoms with Crippen LogP contribution in [0, 0.1) is 5.82 Å². The zero-order chi connectivity index (χ0) is 16.9. The van der Waals surface area contributed by atoms with Gasteiger partial charge in [0, 0.05) is 12.1 Å². The summed E-state index contributed by atoms with van der Waals surface area (Å²) in [5.41, 5.74) is 1.25. The van der Waals surface area contributed by atoms with Crippen LogP contribution in [0.5, 0.6) is 0 Å². The Morgan fingerprint density at radius 3 is 2.50 bits per heavy atom. The molecule has 0 radical (unpaired) electrons.